The van der Waals surface area contributed by atoms with Gasteiger partial charge in [0.2, 0.25) is 0 Å². The summed E-state index contributed by atoms with van der Waals surface area (Å²) in [7, 11) is 0. The molecule has 2 unspecified atom stereocenters. The Kier molecular flexibility index (Phi) is 5.73. The highest BCUT2D eigenvalue weighted by Gasteiger charge is 2.32. The van der Waals surface area contributed by atoms with Gasteiger partial charge in [-0.25, -0.2) is 0 Å². The molecule has 1 heterocycles. The zero-order valence-electron chi connectivity index (χ0n) is 15.6. The predicted molar refractivity (Wildman–Crippen MR) is 112 cm³/mol. The second-order valence-electron chi connectivity index (χ2n) is 7.16. The van der Waals surface area contributed by atoms with Crippen molar-refractivity contribution in [1.29, 1.82) is 0 Å². The highest BCUT2D eigenvalue weighted by molar-refractivity contribution is 9.10. The molecule has 2 aromatic rings. The van der Waals surface area contributed by atoms with Crippen LogP contribution in [0.15, 0.2) is 53.0 Å². The van der Waals surface area contributed by atoms with Crippen LogP contribution in [0.5, 0.6) is 5.75 Å². The third-order valence-corrected chi connectivity index (χ3v) is 5.46. The van der Waals surface area contributed by atoms with E-state index < -0.39 is 0 Å². The van der Waals surface area contributed by atoms with Gasteiger partial charge >= 0.3 is 0 Å². The van der Waals surface area contributed by atoms with Crippen LogP contribution < -0.4 is 10.6 Å². The van der Waals surface area contributed by atoms with Crippen LogP contribution in [0.4, 0.5) is 0 Å². The fraction of sp³-hybridized carbons (Fsp3) is 0.364. The van der Waals surface area contributed by atoms with Gasteiger partial charge in [0.05, 0.1) is 11.7 Å². The molecule has 1 aliphatic rings. The van der Waals surface area contributed by atoms with E-state index >= 15 is 0 Å². The number of phenolic OH excluding ortho intramolecular Hbond substituents is 1. The number of benzene rings is 2. The van der Waals surface area contributed by atoms with Crippen molar-refractivity contribution in [2.75, 3.05) is 0 Å². The second-order valence-corrected chi connectivity index (χ2v) is 8.08. The lowest BCUT2D eigenvalue weighted by atomic mass is 9.93. The molecule has 1 aliphatic heterocycles. The second kappa shape index (κ2) is 7.85. The Labute approximate surface area is 164 Å². The van der Waals surface area contributed by atoms with Gasteiger partial charge in [-0.1, -0.05) is 60.5 Å². The van der Waals surface area contributed by atoms with E-state index in [1.54, 1.807) is 6.07 Å². The van der Waals surface area contributed by atoms with E-state index in [-0.39, 0.29) is 11.7 Å². The zero-order valence-corrected chi connectivity index (χ0v) is 17.2. The molecule has 0 fully saturated rings. The highest BCUT2D eigenvalue weighted by Crippen LogP contribution is 2.35. The maximum Gasteiger partial charge on any atom is 0.120 e. The highest BCUT2D eigenvalue weighted by atomic mass is 79.9. The van der Waals surface area contributed by atoms with Gasteiger partial charge in [0.1, 0.15) is 5.75 Å². The summed E-state index contributed by atoms with van der Waals surface area (Å²) < 4.78 is 0.963. The van der Waals surface area contributed by atoms with Crippen LogP contribution in [0.2, 0.25) is 0 Å². The molecule has 0 radical (unpaired) electrons. The average molecular weight is 415 g/mol. The Hall–Kier alpha value is -1.78. The first-order valence-corrected chi connectivity index (χ1v) is 10.1. The molecule has 0 spiro atoms. The van der Waals surface area contributed by atoms with Gasteiger partial charge in [0.25, 0.3) is 0 Å². The van der Waals surface area contributed by atoms with Gasteiger partial charge in [-0.2, -0.15) is 0 Å². The summed E-state index contributed by atoms with van der Waals surface area (Å²) in [5.41, 5.74) is 4.26. The summed E-state index contributed by atoms with van der Waals surface area (Å²) in [4.78, 5) is 0. The Bertz CT molecular complexity index is 800. The molecule has 3 N–H and O–H groups in total. The van der Waals surface area contributed by atoms with Gasteiger partial charge in [0, 0.05) is 15.7 Å². The lowest BCUT2D eigenvalue weighted by molar-refractivity contribution is 0.264. The van der Waals surface area contributed by atoms with Crippen molar-refractivity contribution < 1.29 is 5.11 Å². The van der Waals surface area contributed by atoms with Crippen molar-refractivity contribution in [3.63, 3.8) is 0 Å². The van der Waals surface area contributed by atoms with Crippen LogP contribution in [0.25, 0.3) is 5.70 Å². The first-order chi connectivity index (χ1) is 12.4. The molecule has 2 aromatic carbocycles. The minimum Gasteiger partial charge on any atom is -0.508 e. The number of hydrogen-bond acceptors (Lipinski definition) is 3. The number of phenols is 1. The minimum absolute atomic E-state index is 0.0637. The van der Waals surface area contributed by atoms with E-state index in [4.69, 9.17) is 0 Å². The van der Waals surface area contributed by atoms with E-state index in [1.807, 2.05) is 12.1 Å². The fourth-order valence-corrected chi connectivity index (χ4v) is 3.97. The van der Waals surface area contributed by atoms with E-state index in [9.17, 15) is 5.11 Å². The van der Waals surface area contributed by atoms with E-state index in [0.717, 1.165) is 35.0 Å². The predicted octanol–water partition coefficient (Wildman–Crippen LogP) is 5.51. The Balaban J connectivity index is 2.03. The Morgan fingerprint density at radius 2 is 1.85 bits per heavy atom. The normalized spacial score (nSPS) is 22.6. The van der Waals surface area contributed by atoms with Crippen molar-refractivity contribution in [2.45, 2.75) is 51.7 Å². The quantitative estimate of drug-likeness (QED) is 0.604. The summed E-state index contributed by atoms with van der Waals surface area (Å²) in [5, 5.41) is 17.7. The molecule has 26 heavy (non-hydrogen) atoms. The molecular weight excluding hydrogens is 388 g/mol. The van der Waals surface area contributed by atoms with E-state index in [0.29, 0.717) is 5.75 Å². The third-order valence-electron chi connectivity index (χ3n) is 4.97. The third kappa shape index (κ3) is 4.13. The maximum absolute atomic E-state index is 10.4. The molecule has 0 saturated heterocycles. The maximum atomic E-state index is 10.4. The Morgan fingerprint density at radius 1 is 1.12 bits per heavy atom. The van der Waals surface area contributed by atoms with Gasteiger partial charge in [0.15, 0.2) is 0 Å². The topological polar surface area (TPSA) is 44.3 Å². The van der Waals surface area contributed by atoms with Gasteiger partial charge in [-0.05, 0) is 55.2 Å². The van der Waals surface area contributed by atoms with Crippen LogP contribution >= 0.6 is 15.9 Å². The van der Waals surface area contributed by atoms with Crippen molar-refractivity contribution in [3.8, 4) is 5.75 Å². The van der Waals surface area contributed by atoms with Crippen LogP contribution in [0.3, 0.4) is 0 Å². The molecule has 3 nitrogen and oxygen atoms in total. The summed E-state index contributed by atoms with van der Waals surface area (Å²) in [6, 6.07) is 14.2. The summed E-state index contributed by atoms with van der Waals surface area (Å²) in [5.74, 6) is 0.309. The number of halogens is 1. The van der Waals surface area contributed by atoms with Crippen LogP contribution in [0.1, 0.15) is 56.3 Å². The number of nitrogens with one attached hydrogen (secondary N) is 2. The summed E-state index contributed by atoms with van der Waals surface area (Å²) in [6.45, 7) is 6.54. The molecule has 2 atom stereocenters. The molecule has 0 bridgehead atoms. The molecule has 0 saturated carbocycles. The number of rotatable bonds is 5. The number of hydrogen-bond donors (Lipinski definition) is 3. The minimum atomic E-state index is -0.234. The van der Waals surface area contributed by atoms with Crippen molar-refractivity contribution in [3.05, 3.63) is 69.7 Å². The molecule has 0 aromatic heterocycles. The summed E-state index contributed by atoms with van der Waals surface area (Å²) in [6.07, 6.45) is 5.26. The summed E-state index contributed by atoms with van der Waals surface area (Å²) >= 11 is 3.52. The first-order valence-electron chi connectivity index (χ1n) is 9.29. The molecule has 0 aliphatic carbocycles. The first kappa shape index (κ1) is 19.0. The largest absolute Gasteiger partial charge is 0.508 e. The fourth-order valence-electron chi connectivity index (χ4n) is 3.59. The lowest BCUT2D eigenvalue weighted by Crippen LogP contribution is -2.57. The van der Waals surface area contributed by atoms with Crippen LogP contribution in [-0.2, 0) is 6.42 Å². The van der Waals surface area contributed by atoms with Crippen molar-refractivity contribution in [1.82, 2.24) is 10.6 Å². The average Bonchev–Trinajstić information content (AvgIpc) is 2.63. The molecule has 138 valence electrons. The van der Waals surface area contributed by atoms with Crippen molar-refractivity contribution in [2.24, 2.45) is 0 Å². The van der Waals surface area contributed by atoms with E-state index in [2.05, 4.69) is 77.7 Å². The van der Waals surface area contributed by atoms with Gasteiger partial charge in [-0.15, -0.1) is 0 Å². The SMILES string of the molecule is CCCC1(C)NC(c2ccc(CC)cc2)=CC(c2cc(Br)ccc2O)N1. The molecular formula is C22H27BrN2O. The Morgan fingerprint density at radius 3 is 2.50 bits per heavy atom. The van der Waals surface area contributed by atoms with E-state index in [1.165, 1.54) is 11.1 Å². The lowest BCUT2D eigenvalue weighted by Gasteiger charge is -2.41. The number of aromatic hydroxyl groups is 1. The van der Waals surface area contributed by atoms with Crippen molar-refractivity contribution >= 4 is 21.6 Å². The van der Waals surface area contributed by atoms with Gasteiger partial charge in [-0.3, -0.25) is 5.32 Å². The van der Waals surface area contributed by atoms with Gasteiger partial charge < -0.3 is 10.4 Å². The van der Waals surface area contributed by atoms with Crippen LogP contribution in [-0.4, -0.2) is 10.8 Å². The monoisotopic (exact) mass is 414 g/mol. The smallest absolute Gasteiger partial charge is 0.120 e. The molecule has 0 amide bonds. The number of aryl methyl sites for hydroxylation is 1. The molecule has 3 rings (SSSR count). The molecule has 4 heteroatoms. The standard InChI is InChI=1S/C22H27BrN2O/c1-4-12-22(3)24-19(16-8-6-15(5-2)7-9-16)14-20(25-22)18-13-17(23)10-11-21(18)26/h6-11,13-14,20,24-26H,4-5,12H2,1-3H3. The van der Waals surface area contributed by atoms with Crippen LogP contribution in [0, 0.1) is 0 Å². The zero-order chi connectivity index (χ0) is 18.7.